The number of rotatable bonds is 5. The van der Waals surface area contributed by atoms with Gasteiger partial charge < -0.3 is 9.84 Å². The summed E-state index contributed by atoms with van der Waals surface area (Å²) < 4.78 is 28.0. The fourth-order valence-corrected chi connectivity index (χ4v) is 2.36. The molecule has 2 aromatic rings. The number of anilines is 1. The van der Waals surface area contributed by atoms with E-state index in [9.17, 15) is 8.42 Å². The first-order chi connectivity index (χ1) is 8.97. The van der Waals surface area contributed by atoms with Gasteiger partial charge in [-0.25, -0.2) is 13.4 Å². The summed E-state index contributed by atoms with van der Waals surface area (Å²) in [7, 11) is -3.30. The van der Waals surface area contributed by atoms with E-state index in [0.29, 0.717) is 30.5 Å². The Hall–Kier alpha value is -1.96. The van der Waals surface area contributed by atoms with E-state index in [4.69, 9.17) is 4.52 Å². The molecule has 0 aromatic carbocycles. The van der Waals surface area contributed by atoms with Crippen LogP contribution in [0.5, 0.6) is 0 Å². The molecule has 2 heterocycles. The van der Waals surface area contributed by atoms with E-state index in [-0.39, 0.29) is 4.90 Å². The van der Waals surface area contributed by atoms with Crippen LogP contribution < -0.4 is 5.32 Å². The zero-order valence-corrected chi connectivity index (χ0v) is 11.4. The van der Waals surface area contributed by atoms with Gasteiger partial charge in [-0.1, -0.05) is 5.16 Å². The molecule has 1 N–H and O–H groups in total. The molecule has 0 fully saturated rings. The fourth-order valence-electron chi connectivity index (χ4n) is 1.56. The average Bonchev–Trinajstić information content (AvgIpc) is 2.74. The van der Waals surface area contributed by atoms with Crippen LogP contribution in [0.3, 0.4) is 0 Å². The molecular weight excluding hydrogens is 268 g/mol. The SMILES string of the molecule is Cc1nc(CCNc2ncccc2S(C)(=O)=O)no1. The van der Waals surface area contributed by atoms with Crippen LogP contribution in [0.15, 0.2) is 27.7 Å². The highest BCUT2D eigenvalue weighted by Crippen LogP contribution is 2.17. The van der Waals surface area contributed by atoms with Crippen molar-refractivity contribution in [1.82, 2.24) is 15.1 Å². The first kappa shape index (κ1) is 13.5. The molecule has 0 radical (unpaired) electrons. The van der Waals surface area contributed by atoms with Gasteiger partial charge >= 0.3 is 0 Å². The summed E-state index contributed by atoms with van der Waals surface area (Å²) in [4.78, 5) is 8.26. The Morgan fingerprint density at radius 3 is 2.84 bits per heavy atom. The van der Waals surface area contributed by atoms with E-state index >= 15 is 0 Å². The summed E-state index contributed by atoms with van der Waals surface area (Å²) in [6, 6.07) is 3.10. The molecule has 0 unspecified atom stereocenters. The lowest BCUT2D eigenvalue weighted by atomic mass is 10.4. The molecule has 0 aliphatic rings. The fraction of sp³-hybridized carbons (Fsp3) is 0.364. The third kappa shape index (κ3) is 3.50. The first-order valence-electron chi connectivity index (χ1n) is 5.65. The highest BCUT2D eigenvalue weighted by molar-refractivity contribution is 7.90. The molecule has 2 rings (SSSR count). The Morgan fingerprint density at radius 2 is 2.21 bits per heavy atom. The maximum atomic E-state index is 11.6. The van der Waals surface area contributed by atoms with Crippen LogP contribution in [-0.2, 0) is 16.3 Å². The van der Waals surface area contributed by atoms with Crippen LogP contribution in [0.4, 0.5) is 5.82 Å². The Labute approximate surface area is 111 Å². The molecule has 0 bridgehead atoms. The lowest BCUT2D eigenvalue weighted by Crippen LogP contribution is -2.11. The topological polar surface area (TPSA) is 98.0 Å². The number of aryl methyl sites for hydroxylation is 1. The smallest absolute Gasteiger partial charge is 0.223 e. The van der Waals surface area contributed by atoms with Crippen molar-refractivity contribution in [2.24, 2.45) is 0 Å². The van der Waals surface area contributed by atoms with Crippen molar-refractivity contribution in [2.75, 3.05) is 18.1 Å². The zero-order chi connectivity index (χ0) is 13.9. The van der Waals surface area contributed by atoms with Crippen LogP contribution in [-0.4, -0.2) is 36.3 Å². The van der Waals surface area contributed by atoms with Gasteiger partial charge in [-0.15, -0.1) is 0 Å². The molecule has 2 aromatic heterocycles. The second-order valence-electron chi connectivity index (χ2n) is 4.03. The maximum Gasteiger partial charge on any atom is 0.223 e. The number of hydrogen-bond donors (Lipinski definition) is 1. The quantitative estimate of drug-likeness (QED) is 0.867. The number of nitrogens with one attached hydrogen (secondary N) is 1. The Kier molecular flexibility index (Phi) is 3.79. The molecule has 7 nitrogen and oxygen atoms in total. The lowest BCUT2D eigenvalue weighted by Gasteiger charge is -2.08. The summed E-state index contributed by atoms with van der Waals surface area (Å²) >= 11 is 0. The molecule has 8 heteroatoms. The minimum absolute atomic E-state index is 0.180. The molecule has 0 atom stereocenters. The van der Waals surface area contributed by atoms with E-state index in [0.717, 1.165) is 6.26 Å². The maximum absolute atomic E-state index is 11.6. The zero-order valence-electron chi connectivity index (χ0n) is 10.6. The van der Waals surface area contributed by atoms with Gasteiger partial charge in [-0.3, -0.25) is 0 Å². The summed E-state index contributed by atoms with van der Waals surface area (Å²) in [5.74, 6) is 1.41. The Morgan fingerprint density at radius 1 is 1.42 bits per heavy atom. The van der Waals surface area contributed by atoms with Crippen LogP contribution in [0.1, 0.15) is 11.7 Å². The second-order valence-corrected chi connectivity index (χ2v) is 6.01. The van der Waals surface area contributed by atoms with Crippen molar-refractivity contribution in [2.45, 2.75) is 18.2 Å². The van der Waals surface area contributed by atoms with Crippen LogP contribution in [0.25, 0.3) is 0 Å². The molecule has 102 valence electrons. The molecular formula is C11H14N4O3S. The lowest BCUT2D eigenvalue weighted by molar-refractivity contribution is 0.387. The molecule has 0 amide bonds. The van der Waals surface area contributed by atoms with Crippen molar-refractivity contribution in [3.8, 4) is 0 Å². The van der Waals surface area contributed by atoms with Gasteiger partial charge in [0.25, 0.3) is 0 Å². The van der Waals surface area contributed by atoms with Crippen molar-refractivity contribution >= 4 is 15.7 Å². The number of nitrogens with zero attached hydrogens (tertiary/aromatic N) is 3. The number of aromatic nitrogens is 3. The largest absolute Gasteiger partial charge is 0.369 e. The van der Waals surface area contributed by atoms with Crippen molar-refractivity contribution in [3.05, 3.63) is 30.0 Å². The predicted octanol–water partition coefficient (Wildman–Crippen LogP) is 0.831. The molecule has 0 aliphatic heterocycles. The van der Waals surface area contributed by atoms with Gasteiger partial charge in [-0.2, -0.15) is 4.98 Å². The van der Waals surface area contributed by atoms with E-state index in [1.807, 2.05) is 0 Å². The summed E-state index contributed by atoms with van der Waals surface area (Å²) in [6.07, 6.45) is 3.21. The van der Waals surface area contributed by atoms with E-state index < -0.39 is 9.84 Å². The highest BCUT2D eigenvalue weighted by atomic mass is 32.2. The Balaban J connectivity index is 2.04. The van der Waals surface area contributed by atoms with E-state index in [1.165, 1.54) is 12.3 Å². The van der Waals surface area contributed by atoms with Crippen molar-refractivity contribution in [1.29, 1.82) is 0 Å². The first-order valence-corrected chi connectivity index (χ1v) is 7.54. The van der Waals surface area contributed by atoms with Gasteiger partial charge in [0.2, 0.25) is 5.89 Å². The normalized spacial score (nSPS) is 11.5. The third-order valence-corrected chi connectivity index (χ3v) is 3.51. The van der Waals surface area contributed by atoms with Crippen LogP contribution in [0.2, 0.25) is 0 Å². The number of pyridine rings is 1. The molecule has 0 saturated carbocycles. The number of hydrogen-bond acceptors (Lipinski definition) is 7. The highest BCUT2D eigenvalue weighted by Gasteiger charge is 2.13. The van der Waals surface area contributed by atoms with E-state index in [1.54, 1.807) is 13.0 Å². The monoisotopic (exact) mass is 282 g/mol. The van der Waals surface area contributed by atoms with Crippen LogP contribution in [0, 0.1) is 6.92 Å². The van der Waals surface area contributed by atoms with Gasteiger partial charge in [0.05, 0.1) is 0 Å². The minimum atomic E-state index is -3.30. The van der Waals surface area contributed by atoms with Crippen LogP contribution >= 0.6 is 0 Å². The van der Waals surface area contributed by atoms with Gasteiger partial charge in [0.1, 0.15) is 10.7 Å². The van der Waals surface area contributed by atoms with Crippen molar-refractivity contribution < 1.29 is 12.9 Å². The summed E-state index contributed by atoms with van der Waals surface area (Å²) in [5, 5.41) is 6.72. The standard InChI is InChI=1S/C11H14N4O3S/c1-8-14-10(15-18-8)5-7-13-11-9(19(2,16)17)4-3-6-12-11/h3-4,6H,5,7H2,1-2H3,(H,12,13). The predicted molar refractivity (Wildman–Crippen MR) is 68.6 cm³/mol. The molecule has 0 spiro atoms. The number of sulfone groups is 1. The summed E-state index contributed by atoms with van der Waals surface area (Å²) in [5.41, 5.74) is 0. The van der Waals surface area contributed by atoms with Gasteiger partial charge in [0.15, 0.2) is 15.7 Å². The average molecular weight is 282 g/mol. The van der Waals surface area contributed by atoms with Gasteiger partial charge in [-0.05, 0) is 12.1 Å². The second kappa shape index (κ2) is 5.35. The summed E-state index contributed by atoms with van der Waals surface area (Å²) in [6.45, 7) is 2.18. The third-order valence-electron chi connectivity index (χ3n) is 2.38. The molecule has 0 aliphatic carbocycles. The van der Waals surface area contributed by atoms with Crippen molar-refractivity contribution in [3.63, 3.8) is 0 Å². The van der Waals surface area contributed by atoms with E-state index in [2.05, 4.69) is 20.4 Å². The minimum Gasteiger partial charge on any atom is -0.369 e. The Bertz CT molecular complexity index is 666. The molecule has 19 heavy (non-hydrogen) atoms. The van der Waals surface area contributed by atoms with Gasteiger partial charge in [0, 0.05) is 32.3 Å². The molecule has 0 saturated heterocycles.